The molecule has 0 amide bonds. The van der Waals surface area contributed by atoms with Gasteiger partial charge in [-0.1, -0.05) is 43.7 Å². The lowest BCUT2D eigenvalue weighted by Crippen LogP contribution is -2.25. The van der Waals surface area contributed by atoms with E-state index in [4.69, 9.17) is 4.98 Å². The third-order valence-electron chi connectivity index (χ3n) is 5.37. The molecule has 0 aliphatic heterocycles. The van der Waals surface area contributed by atoms with Gasteiger partial charge in [-0.05, 0) is 41.6 Å². The largest absolute Gasteiger partial charge is 0.256 e. The molecule has 4 aromatic rings. The van der Waals surface area contributed by atoms with E-state index < -0.39 is 0 Å². The highest BCUT2D eigenvalue weighted by molar-refractivity contribution is 6.04. The van der Waals surface area contributed by atoms with E-state index in [2.05, 4.69) is 68.2 Å². The second-order valence-corrected chi connectivity index (χ2v) is 7.26. The molecule has 24 heavy (non-hydrogen) atoms. The first-order chi connectivity index (χ1) is 11.6. The number of hydrogen-bond donors (Lipinski definition) is 0. The first-order valence-corrected chi connectivity index (χ1v) is 8.36. The van der Waals surface area contributed by atoms with Gasteiger partial charge in [0, 0.05) is 34.1 Å². The number of aryl methyl sites for hydroxylation is 1. The molecule has 2 heterocycles. The first kappa shape index (κ1) is 13.7. The number of hydrogen-bond acceptors (Lipinski definition) is 2. The fraction of sp³-hybridized carbons (Fsp3) is 0.182. The Balaban J connectivity index is 2.03. The average molecular weight is 310 g/mol. The van der Waals surface area contributed by atoms with Crippen LogP contribution in [0, 0.1) is 6.92 Å². The van der Waals surface area contributed by atoms with Gasteiger partial charge < -0.3 is 0 Å². The Morgan fingerprint density at radius 3 is 2.71 bits per heavy atom. The molecule has 0 radical (unpaired) electrons. The van der Waals surface area contributed by atoms with Gasteiger partial charge in [-0.2, -0.15) is 0 Å². The number of aromatic nitrogens is 2. The maximum Gasteiger partial charge on any atom is 0.0756 e. The first-order valence-electron chi connectivity index (χ1n) is 8.36. The highest BCUT2D eigenvalue weighted by atomic mass is 14.7. The van der Waals surface area contributed by atoms with Crippen LogP contribution in [0.2, 0.25) is 0 Å². The maximum atomic E-state index is 4.88. The van der Waals surface area contributed by atoms with Crippen LogP contribution < -0.4 is 0 Å². The molecule has 5 rings (SSSR count). The van der Waals surface area contributed by atoms with Crippen molar-refractivity contribution in [3.05, 3.63) is 71.5 Å². The van der Waals surface area contributed by atoms with Crippen molar-refractivity contribution >= 4 is 21.7 Å². The quantitative estimate of drug-likeness (QED) is 0.435. The molecule has 2 aromatic heterocycles. The van der Waals surface area contributed by atoms with Gasteiger partial charge >= 0.3 is 0 Å². The molecular weight excluding hydrogens is 292 g/mol. The predicted molar refractivity (Wildman–Crippen MR) is 99.3 cm³/mol. The molecule has 0 unspecified atom stereocenters. The van der Waals surface area contributed by atoms with E-state index in [1.807, 2.05) is 12.4 Å². The molecule has 2 aromatic carbocycles. The molecule has 0 bridgehead atoms. The van der Waals surface area contributed by atoms with Crippen molar-refractivity contribution in [2.24, 2.45) is 0 Å². The summed E-state index contributed by atoms with van der Waals surface area (Å²) in [5, 5.41) is 3.76. The zero-order valence-corrected chi connectivity index (χ0v) is 14.1. The molecule has 2 heteroatoms. The number of fused-ring (bicyclic) bond motifs is 4. The Morgan fingerprint density at radius 2 is 1.83 bits per heavy atom. The van der Waals surface area contributed by atoms with Crippen LogP contribution in [-0.4, -0.2) is 9.97 Å². The van der Waals surface area contributed by atoms with Crippen molar-refractivity contribution in [1.82, 2.24) is 9.97 Å². The molecule has 0 saturated carbocycles. The summed E-state index contributed by atoms with van der Waals surface area (Å²) in [5.41, 5.74) is 7.18. The molecule has 1 aliphatic rings. The highest BCUT2D eigenvalue weighted by Gasteiger charge is 2.35. The van der Waals surface area contributed by atoms with E-state index in [0.717, 1.165) is 11.2 Å². The van der Waals surface area contributed by atoms with E-state index in [9.17, 15) is 0 Å². The van der Waals surface area contributed by atoms with E-state index in [-0.39, 0.29) is 5.41 Å². The van der Waals surface area contributed by atoms with Crippen molar-refractivity contribution in [3.63, 3.8) is 0 Å². The van der Waals surface area contributed by atoms with Gasteiger partial charge in [-0.25, -0.2) is 0 Å². The molecule has 0 fully saturated rings. The Labute approximate surface area is 141 Å². The van der Waals surface area contributed by atoms with Gasteiger partial charge in [-0.15, -0.1) is 0 Å². The summed E-state index contributed by atoms with van der Waals surface area (Å²) in [5.74, 6) is 0. The SMILES string of the molecule is Cc1ccc2c3c(ncc2c1)-c1ccnc2cccc(c12)C3(C)C. The minimum atomic E-state index is -0.105. The average Bonchev–Trinajstić information content (AvgIpc) is 2.58. The van der Waals surface area contributed by atoms with Crippen LogP contribution >= 0.6 is 0 Å². The lowest BCUT2D eigenvalue weighted by molar-refractivity contribution is 0.648. The summed E-state index contributed by atoms with van der Waals surface area (Å²) in [4.78, 5) is 9.45. The van der Waals surface area contributed by atoms with Crippen LogP contribution in [0.25, 0.3) is 32.9 Å². The van der Waals surface area contributed by atoms with Crippen molar-refractivity contribution < 1.29 is 0 Å². The summed E-state index contributed by atoms with van der Waals surface area (Å²) in [6.07, 6.45) is 3.90. The number of pyridine rings is 2. The minimum absolute atomic E-state index is 0.105. The summed E-state index contributed by atoms with van der Waals surface area (Å²) in [6.45, 7) is 6.74. The van der Waals surface area contributed by atoms with Crippen LogP contribution in [0.5, 0.6) is 0 Å². The highest BCUT2D eigenvalue weighted by Crippen LogP contribution is 2.49. The normalized spacial score (nSPS) is 14.8. The summed E-state index contributed by atoms with van der Waals surface area (Å²) in [7, 11) is 0. The van der Waals surface area contributed by atoms with Gasteiger partial charge in [0.1, 0.15) is 0 Å². The van der Waals surface area contributed by atoms with Crippen molar-refractivity contribution in [2.45, 2.75) is 26.2 Å². The van der Waals surface area contributed by atoms with E-state index in [0.29, 0.717) is 0 Å². The van der Waals surface area contributed by atoms with Gasteiger partial charge in [0.25, 0.3) is 0 Å². The van der Waals surface area contributed by atoms with Crippen LogP contribution in [0.1, 0.15) is 30.5 Å². The van der Waals surface area contributed by atoms with Crippen LogP contribution in [0.4, 0.5) is 0 Å². The second-order valence-electron chi connectivity index (χ2n) is 7.26. The van der Waals surface area contributed by atoms with Gasteiger partial charge in [-0.3, -0.25) is 9.97 Å². The standard InChI is InChI=1S/C22H18N2/c1-13-7-8-15-14(11-13)12-24-21-16-9-10-23-18-6-4-5-17(19(16)18)22(2,3)20(15)21/h4-12H,1-3H3. The third kappa shape index (κ3) is 1.60. The number of rotatable bonds is 0. The summed E-state index contributed by atoms with van der Waals surface area (Å²) in [6, 6.07) is 15.2. The molecule has 0 N–H and O–H groups in total. The topological polar surface area (TPSA) is 25.8 Å². The number of benzene rings is 2. The molecule has 0 spiro atoms. The van der Waals surface area contributed by atoms with Gasteiger partial charge in [0.15, 0.2) is 0 Å². The summed E-state index contributed by atoms with van der Waals surface area (Å²) >= 11 is 0. The molecule has 1 aliphatic carbocycles. The Bertz CT molecular complexity index is 1130. The lowest BCUT2D eigenvalue weighted by atomic mass is 9.69. The second kappa shape index (κ2) is 4.41. The van der Waals surface area contributed by atoms with Crippen LogP contribution in [0.15, 0.2) is 54.9 Å². The van der Waals surface area contributed by atoms with Gasteiger partial charge in [0.2, 0.25) is 0 Å². The maximum absolute atomic E-state index is 4.88. The molecule has 0 atom stereocenters. The zero-order valence-electron chi connectivity index (χ0n) is 14.1. The van der Waals surface area contributed by atoms with Crippen LogP contribution in [-0.2, 0) is 5.41 Å². The predicted octanol–water partition coefficient (Wildman–Crippen LogP) is 5.40. The van der Waals surface area contributed by atoms with Crippen molar-refractivity contribution in [3.8, 4) is 11.3 Å². The van der Waals surface area contributed by atoms with E-state index >= 15 is 0 Å². The smallest absolute Gasteiger partial charge is 0.0756 e. The summed E-state index contributed by atoms with van der Waals surface area (Å²) < 4.78 is 0. The fourth-order valence-electron chi connectivity index (χ4n) is 4.24. The minimum Gasteiger partial charge on any atom is -0.256 e. The third-order valence-corrected chi connectivity index (χ3v) is 5.37. The van der Waals surface area contributed by atoms with Crippen molar-refractivity contribution in [1.29, 1.82) is 0 Å². The Hall–Kier alpha value is -2.74. The van der Waals surface area contributed by atoms with Crippen molar-refractivity contribution in [2.75, 3.05) is 0 Å². The van der Waals surface area contributed by atoms with Gasteiger partial charge in [0.05, 0.1) is 11.2 Å². The number of nitrogens with zero attached hydrogens (tertiary/aromatic N) is 2. The van der Waals surface area contributed by atoms with E-state index in [1.54, 1.807) is 0 Å². The molecule has 116 valence electrons. The monoisotopic (exact) mass is 310 g/mol. The fourth-order valence-corrected chi connectivity index (χ4v) is 4.24. The Morgan fingerprint density at radius 1 is 0.958 bits per heavy atom. The molecule has 0 saturated heterocycles. The van der Waals surface area contributed by atoms with Crippen LogP contribution in [0.3, 0.4) is 0 Å². The molecular formula is C22H18N2. The van der Waals surface area contributed by atoms with E-state index in [1.165, 1.54) is 38.4 Å². The Kier molecular flexibility index (Phi) is 2.52. The molecule has 2 nitrogen and oxygen atoms in total. The zero-order chi connectivity index (χ0) is 16.5. The lowest BCUT2D eigenvalue weighted by Gasteiger charge is -2.35.